The van der Waals surface area contributed by atoms with Crippen LogP contribution >= 0.6 is 0 Å². The molecule has 0 unspecified atom stereocenters. The van der Waals surface area contributed by atoms with Gasteiger partial charge >= 0.3 is 0 Å². The Morgan fingerprint density at radius 1 is 1.47 bits per heavy atom. The van der Waals surface area contributed by atoms with Gasteiger partial charge in [0.1, 0.15) is 17.3 Å². The molecule has 4 N–H and O–H groups in total. The summed E-state index contributed by atoms with van der Waals surface area (Å²) in [7, 11) is 0. The van der Waals surface area contributed by atoms with E-state index in [-0.39, 0.29) is 12.2 Å². The molecule has 2 aromatic heterocycles. The molecule has 0 radical (unpaired) electrons. The molecule has 1 amide bonds. The van der Waals surface area contributed by atoms with E-state index in [9.17, 15) is 9.18 Å². The molecule has 0 spiro atoms. The van der Waals surface area contributed by atoms with Crippen molar-refractivity contribution in [3.8, 4) is 0 Å². The third-order valence-electron chi connectivity index (χ3n) is 2.15. The van der Waals surface area contributed by atoms with Crippen LogP contribution in [0.3, 0.4) is 0 Å². The van der Waals surface area contributed by atoms with Crippen molar-refractivity contribution in [1.82, 2.24) is 20.5 Å². The average molecular weight is 235 g/mol. The van der Waals surface area contributed by atoms with Crippen molar-refractivity contribution in [2.45, 2.75) is 6.54 Å². The summed E-state index contributed by atoms with van der Waals surface area (Å²) in [5.74, 6) is -0.483. The molecule has 7 heteroatoms. The Hall–Kier alpha value is -2.44. The van der Waals surface area contributed by atoms with Gasteiger partial charge in [-0.1, -0.05) is 0 Å². The molecular weight excluding hydrogens is 225 g/mol. The van der Waals surface area contributed by atoms with Gasteiger partial charge in [-0.3, -0.25) is 9.89 Å². The molecule has 0 saturated heterocycles. The lowest BCUT2D eigenvalue weighted by molar-refractivity contribution is 0.0946. The maximum absolute atomic E-state index is 12.6. The number of anilines is 1. The molecule has 0 aromatic carbocycles. The molecule has 0 bridgehead atoms. The molecule has 2 aromatic rings. The molecule has 2 rings (SSSR count). The second-order valence-corrected chi connectivity index (χ2v) is 3.35. The monoisotopic (exact) mass is 235 g/mol. The Morgan fingerprint density at radius 3 is 2.88 bits per heavy atom. The number of hydrogen-bond donors (Lipinski definition) is 3. The molecule has 88 valence electrons. The van der Waals surface area contributed by atoms with E-state index >= 15 is 0 Å². The Labute approximate surface area is 96.1 Å². The van der Waals surface area contributed by atoms with Gasteiger partial charge in [0.2, 0.25) is 0 Å². The molecule has 0 aliphatic rings. The number of pyridine rings is 1. The normalized spacial score (nSPS) is 10.2. The lowest BCUT2D eigenvalue weighted by Crippen LogP contribution is -2.24. The zero-order valence-electron chi connectivity index (χ0n) is 8.77. The molecular formula is C10H10FN5O. The number of carbonyl (C=O) groups is 1. The number of nitrogens with zero attached hydrogens (tertiary/aromatic N) is 2. The minimum atomic E-state index is -0.486. The van der Waals surface area contributed by atoms with Gasteiger partial charge < -0.3 is 11.1 Å². The summed E-state index contributed by atoms with van der Waals surface area (Å²) in [6, 6.07) is 2.48. The van der Waals surface area contributed by atoms with Crippen molar-refractivity contribution < 1.29 is 9.18 Å². The molecule has 0 saturated carbocycles. The van der Waals surface area contributed by atoms with Crippen LogP contribution in [0.5, 0.6) is 0 Å². The molecule has 2 heterocycles. The van der Waals surface area contributed by atoms with E-state index in [1.165, 1.54) is 18.3 Å². The van der Waals surface area contributed by atoms with Crippen LogP contribution in [0, 0.1) is 5.82 Å². The Morgan fingerprint density at radius 2 is 2.29 bits per heavy atom. The lowest BCUT2D eigenvalue weighted by atomic mass is 10.3. The number of hydrogen-bond acceptors (Lipinski definition) is 4. The van der Waals surface area contributed by atoms with E-state index in [1.54, 1.807) is 0 Å². The Bertz CT molecular complexity index is 522. The molecule has 0 fully saturated rings. The van der Waals surface area contributed by atoms with E-state index in [2.05, 4.69) is 20.5 Å². The van der Waals surface area contributed by atoms with Gasteiger partial charge in [-0.15, -0.1) is 0 Å². The van der Waals surface area contributed by atoms with Gasteiger partial charge in [0.25, 0.3) is 5.91 Å². The fourth-order valence-electron chi connectivity index (χ4n) is 1.24. The second kappa shape index (κ2) is 4.60. The van der Waals surface area contributed by atoms with E-state index in [0.717, 1.165) is 6.20 Å². The highest BCUT2D eigenvalue weighted by Crippen LogP contribution is 2.05. The molecule has 0 aliphatic heterocycles. The van der Waals surface area contributed by atoms with E-state index in [0.29, 0.717) is 11.4 Å². The fraction of sp³-hybridized carbons (Fsp3) is 0.100. The van der Waals surface area contributed by atoms with Gasteiger partial charge in [-0.2, -0.15) is 5.10 Å². The van der Waals surface area contributed by atoms with Gasteiger partial charge in [-0.05, 0) is 12.1 Å². The number of nitrogens with one attached hydrogen (secondary N) is 2. The minimum Gasteiger partial charge on any atom is -0.384 e. The standard InChI is InChI=1S/C10H10FN5O/c11-7-1-2-8(13-5-7)10(17)14-3-6-4-15-16-9(6)12/h1-2,4-5H,3H2,(H,14,17)(H3,12,15,16). The largest absolute Gasteiger partial charge is 0.384 e. The van der Waals surface area contributed by atoms with Crippen molar-refractivity contribution in [2.24, 2.45) is 0 Å². The van der Waals surface area contributed by atoms with Crippen molar-refractivity contribution in [3.05, 3.63) is 41.6 Å². The summed E-state index contributed by atoms with van der Waals surface area (Å²) in [5, 5.41) is 8.87. The Balaban J connectivity index is 1.98. The third-order valence-corrected chi connectivity index (χ3v) is 2.15. The SMILES string of the molecule is Nc1[nH]ncc1CNC(=O)c1ccc(F)cn1. The van der Waals surface area contributed by atoms with Crippen LogP contribution in [-0.2, 0) is 6.54 Å². The number of rotatable bonds is 3. The van der Waals surface area contributed by atoms with Gasteiger partial charge in [0, 0.05) is 12.1 Å². The highest BCUT2D eigenvalue weighted by atomic mass is 19.1. The smallest absolute Gasteiger partial charge is 0.270 e. The zero-order valence-corrected chi connectivity index (χ0v) is 8.77. The predicted octanol–water partition coefficient (Wildman–Crippen LogP) is 0.456. The number of aromatic nitrogens is 3. The van der Waals surface area contributed by atoms with Crippen molar-refractivity contribution in [3.63, 3.8) is 0 Å². The van der Waals surface area contributed by atoms with E-state index in [1.807, 2.05) is 0 Å². The van der Waals surface area contributed by atoms with Crippen LogP contribution < -0.4 is 11.1 Å². The van der Waals surface area contributed by atoms with Crippen molar-refractivity contribution >= 4 is 11.7 Å². The zero-order chi connectivity index (χ0) is 12.3. The number of aromatic amines is 1. The molecule has 6 nitrogen and oxygen atoms in total. The highest BCUT2D eigenvalue weighted by molar-refractivity contribution is 5.92. The maximum atomic E-state index is 12.6. The second-order valence-electron chi connectivity index (χ2n) is 3.35. The lowest BCUT2D eigenvalue weighted by Gasteiger charge is -2.03. The maximum Gasteiger partial charge on any atom is 0.270 e. The number of nitrogen functional groups attached to an aromatic ring is 1. The average Bonchev–Trinajstić information content (AvgIpc) is 2.73. The number of H-pyrrole nitrogens is 1. The van der Waals surface area contributed by atoms with Crippen LogP contribution in [0.1, 0.15) is 16.1 Å². The van der Waals surface area contributed by atoms with Gasteiger partial charge in [0.15, 0.2) is 0 Å². The van der Waals surface area contributed by atoms with Crippen LogP contribution in [0.4, 0.5) is 10.2 Å². The number of nitrogens with two attached hydrogens (primary N) is 1. The number of halogens is 1. The number of carbonyl (C=O) groups excluding carboxylic acids is 1. The third kappa shape index (κ3) is 2.57. The van der Waals surface area contributed by atoms with Gasteiger partial charge in [0.05, 0.1) is 12.4 Å². The summed E-state index contributed by atoms with van der Waals surface area (Å²) in [6.45, 7) is 0.236. The van der Waals surface area contributed by atoms with Crippen LogP contribution in [-0.4, -0.2) is 21.1 Å². The molecule has 0 atom stereocenters. The van der Waals surface area contributed by atoms with Crippen molar-refractivity contribution in [1.29, 1.82) is 0 Å². The summed E-state index contributed by atoms with van der Waals surface area (Å²) < 4.78 is 12.6. The minimum absolute atomic E-state index is 0.147. The predicted molar refractivity (Wildman–Crippen MR) is 58.4 cm³/mol. The quantitative estimate of drug-likeness (QED) is 0.719. The summed E-state index contributed by atoms with van der Waals surface area (Å²) in [5.41, 5.74) is 6.38. The van der Waals surface area contributed by atoms with E-state index < -0.39 is 11.7 Å². The first-order valence-electron chi connectivity index (χ1n) is 4.84. The van der Waals surface area contributed by atoms with Gasteiger partial charge in [-0.25, -0.2) is 9.37 Å². The highest BCUT2D eigenvalue weighted by Gasteiger charge is 2.08. The first kappa shape index (κ1) is 11.1. The fourth-order valence-corrected chi connectivity index (χ4v) is 1.24. The Kier molecular flexibility index (Phi) is 2.99. The van der Waals surface area contributed by atoms with Crippen LogP contribution in [0.2, 0.25) is 0 Å². The molecule has 17 heavy (non-hydrogen) atoms. The summed E-state index contributed by atoms with van der Waals surface area (Å²) >= 11 is 0. The van der Waals surface area contributed by atoms with E-state index in [4.69, 9.17) is 5.73 Å². The summed E-state index contributed by atoms with van der Waals surface area (Å²) in [6.07, 6.45) is 2.51. The molecule has 0 aliphatic carbocycles. The van der Waals surface area contributed by atoms with Crippen LogP contribution in [0.15, 0.2) is 24.5 Å². The summed E-state index contributed by atoms with van der Waals surface area (Å²) in [4.78, 5) is 15.3. The first-order valence-corrected chi connectivity index (χ1v) is 4.84. The number of amides is 1. The van der Waals surface area contributed by atoms with Crippen LogP contribution in [0.25, 0.3) is 0 Å². The topological polar surface area (TPSA) is 96.7 Å². The first-order chi connectivity index (χ1) is 8.16. The van der Waals surface area contributed by atoms with Crippen molar-refractivity contribution in [2.75, 3.05) is 5.73 Å².